The Kier molecular flexibility index (Phi) is 10.9. The maximum absolute atomic E-state index is 9.00. The van der Waals surface area contributed by atoms with Gasteiger partial charge < -0.3 is 15.3 Å². The summed E-state index contributed by atoms with van der Waals surface area (Å²) in [5, 5.41) is 23.6. The van der Waals surface area contributed by atoms with Crippen molar-refractivity contribution >= 4 is 34.5 Å². The second-order valence-corrected chi connectivity index (χ2v) is 3.76. The molecule has 0 fully saturated rings. The van der Waals surface area contributed by atoms with Gasteiger partial charge in [0.2, 0.25) is 0 Å². The number of rotatable bonds is 0. The van der Waals surface area contributed by atoms with Gasteiger partial charge in [-0.25, -0.2) is 0 Å². The molecule has 1 rings (SSSR count). The number of aliphatic carboxylic acids is 2. The van der Waals surface area contributed by atoms with Crippen LogP contribution in [0.2, 0.25) is 0 Å². The highest BCUT2D eigenvalue weighted by Crippen LogP contribution is 2.10. The Morgan fingerprint density at radius 3 is 1.44 bits per heavy atom. The number of carboxylic acids is 2. The fraction of sp³-hybridized carbons (Fsp3) is 0.200. The maximum Gasteiger partial charge on any atom is 0.300 e. The Bertz CT molecular complexity index is 279. The molecule has 0 radical (unpaired) electrons. The van der Waals surface area contributed by atoms with Crippen LogP contribution in [0.5, 0.6) is 5.75 Å². The SMILES string of the molecule is CC(=O)O.CC(=O)O.Oc1ccc(I)cc1. The maximum atomic E-state index is 9.00. The summed E-state index contributed by atoms with van der Waals surface area (Å²) in [6, 6.07) is 7.05. The van der Waals surface area contributed by atoms with E-state index in [1.807, 2.05) is 12.1 Å². The Morgan fingerprint density at radius 2 is 1.25 bits per heavy atom. The number of halogens is 1. The number of phenolic OH excluding ortho intramolecular Hbond substituents is 1. The highest BCUT2D eigenvalue weighted by Gasteiger charge is 1.83. The van der Waals surface area contributed by atoms with E-state index in [2.05, 4.69) is 22.6 Å². The molecule has 0 unspecified atom stereocenters. The largest absolute Gasteiger partial charge is 0.508 e. The minimum atomic E-state index is -0.833. The number of carbonyl (C=O) groups is 2. The third kappa shape index (κ3) is 23.0. The van der Waals surface area contributed by atoms with E-state index in [9.17, 15) is 0 Å². The van der Waals surface area contributed by atoms with Crippen LogP contribution in [0.4, 0.5) is 0 Å². The van der Waals surface area contributed by atoms with Gasteiger partial charge in [-0.2, -0.15) is 0 Å². The molecule has 0 atom stereocenters. The zero-order valence-corrected chi connectivity index (χ0v) is 11.0. The fourth-order valence-corrected chi connectivity index (χ4v) is 0.801. The van der Waals surface area contributed by atoms with Crippen LogP contribution in [0.15, 0.2) is 24.3 Å². The van der Waals surface area contributed by atoms with Crippen molar-refractivity contribution in [2.24, 2.45) is 0 Å². The van der Waals surface area contributed by atoms with Crippen LogP contribution in [-0.4, -0.2) is 27.3 Å². The molecular formula is C10H13IO5. The topological polar surface area (TPSA) is 94.8 Å². The number of hydrogen-bond donors (Lipinski definition) is 3. The number of hydrogen-bond acceptors (Lipinski definition) is 3. The molecule has 0 saturated carbocycles. The van der Waals surface area contributed by atoms with Gasteiger partial charge in [0.05, 0.1) is 0 Å². The van der Waals surface area contributed by atoms with Crippen LogP contribution in [0.1, 0.15) is 13.8 Å². The first-order valence-corrected chi connectivity index (χ1v) is 5.17. The summed E-state index contributed by atoms with van der Waals surface area (Å²) < 4.78 is 1.14. The Hall–Kier alpha value is -1.31. The molecule has 16 heavy (non-hydrogen) atoms. The van der Waals surface area contributed by atoms with Crippen molar-refractivity contribution in [1.82, 2.24) is 0 Å². The van der Waals surface area contributed by atoms with Crippen molar-refractivity contribution in [2.45, 2.75) is 13.8 Å². The zero-order chi connectivity index (χ0) is 13.1. The molecule has 0 saturated heterocycles. The normalized spacial score (nSPS) is 7.69. The summed E-state index contributed by atoms with van der Waals surface area (Å²) in [5.74, 6) is -1.34. The number of aromatic hydroxyl groups is 1. The first kappa shape index (κ1) is 17.1. The first-order chi connectivity index (χ1) is 7.25. The van der Waals surface area contributed by atoms with Gasteiger partial charge in [-0.15, -0.1) is 0 Å². The van der Waals surface area contributed by atoms with Gasteiger partial charge in [0.25, 0.3) is 11.9 Å². The van der Waals surface area contributed by atoms with Crippen LogP contribution in [-0.2, 0) is 9.59 Å². The smallest absolute Gasteiger partial charge is 0.300 e. The lowest BCUT2D eigenvalue weighted by atomic mass is 10.3. The minimum absolute atomic E-state index is 0.324. The van der Waals surface area contributed by atoms with Crippen molar-refractivity contribution < 1.29 is 24.9 Å². The summed E-state index contributed by atoms with van der Waals surface area (Å²) in [6.07, 6.45) is 0. The van der Waals surface area contributed by atoms with Gasteiger partial charge in [-0.1, -0.05) is 0 Å². The second kappa shape index (κ2) is 10.2. The van der Waals surface area contributed by atoms with Crippen LogP contribution in [0.3, 0.4) is 0 Å². The molecule has 1 aromatic rings. The molecule has 0 aliphatic heterocycles. The summed E-state index contributed by atoms with van der Waals surface area (Å²) in [7, 11) is 0. The average molecular weight is 340 g/mol. The molecule has 0 aromatic heterocycles. The van der Waals surface area contributed by atoms with E-state index >= 15 is 0 Å². The molecule has 1 aromatic carbocycles. The Balaban J connectivity index is 0. The van der Waals surface area contributed by atoms with E-state index in [4.69, 9.17) is 24.9 Å². The van der Waals surface area contributed by atoms with Crippen LogP contribution in [0, 0.1) is 3.57 Å². The van der Waals surface area contributed by atoms with E-state index in [-0.39, 0.29) is 0 Å². The Labute approximate surface area is 107 Å². The van der Waals surface area contributed by atoms with Crippen LogP contribution < -0.4 is 0 Å². The molecule has 5 nitrogen and oxygen atoms in total. The molecule has 3 N–H and O–H groups in total. The zero-order valence-electron chi connectivity index (χ0n) is 8.85. The monoisotopic (exact) mass is 340 g/mol. The fourth-order valence-electron chi connectivity index (χ4n) is 0.441. The second-order valence-electron chi connectivity index (χ2n) is 2.51. The number of phenols is 1. The lowest BCUT2D eigenvalue weighted by molar-refractivity contribution is -0.135. The number of carboxylic acid groups (broad SMARTS) is 2. The van der Waals surface area contributed by atoms with E-state index in [0.717, 1.165) is 17.4 Å². The van der Waals surface area contributed by atoms with Gasteiger partial charge in [0.1, 0.15) is 5.75 Å². The number of benzene rings is 1. The lowest BCUT2D eigenvalue weighted by Crippen LogP contribution is -1.78. The van der Waals surface area contributed by atoms with E-state index in [0.29, 0.717) is 5.75 Å². The standard InChI is InChI=1S/C6H5IO.2C2H4O2/c7-5-1-3-6(8)4-2-5;2*1-2(3)4/h1-4,8H;2*1H3,(H,3,4). The van der Waals surface area contributed by atoms with Crippen LogP contribution in [0.25, 0.3) is 0 Å². The van der Waals surface area contributed by atoms with Crippen molar-refractivity contribution in [3.8, 4) is 5.75 Å². The van der Waals surface area contributed by atoms with Crippen molar-refractivity contribution in [3.05, 3.63) is 27.8 Å². The van der Waals surface area contributed by atoms with E-state index in [1.165, 1.54) is 0 Å². The van der Waals surface area contributed by atoms with E-state index < -0.39 is 11.9 Å². The highest BCUT2D eigenvalue weighted by molar-refractivity contribution is 14.1. The van der Waals surface area contributed by atoms with E-state index in [1.54, 1.807) is 12.1 Å². The molecule has 0 aliphatic carbocycles. The van der Waals surface area contributed by atoms with Crippen molar-refractivity contribution in [3.63, 3.8) is 0 Å². The summed E-state index contributed by atoms with van der Waals surface area (Å²) >= 11 is 2.19. The van der Waals surface area contributed by atoms with Gasteiger partial charge in [0, 0.05) is 17.4 Å². The lowest BCUT2D eigenvalue weighted by Gasteiger charge is -1.87. The van der Waals surface area contributed by atoms with Crippen molar-refractivity contribution in [2.75, 3.05) is 0 Å². The van der Waals surface area contributed by atoms with Gasteiger partial charge in [-0.3, -0.25) is 9.59 Å². The molecule has 6 heteroatoms. The molecule has 0 heterocycles. The predicted octanol–water partition coefficient (Wildman–Crippen LogP) is 2.18. The summed E-state index contributed by atoms with van der Waals surface area (Å²) in [4.78, 5) is 18.0. The predicted molar refractivity (Wildman–Crippen MR) is 67.4 cm³/mol. The third-order valence-electron chi connectivity index (χ3n) is 0.827. The average Bonchev–Trinajstić information content (AvgIpc) is 2.08. The molecular weight excluding hydrogens is 327 g/mol. The minimum Gasteiger partial charge on any atom is -0.508 e. The molecule has 0 aliphatic rings. The highest BCUT2D eigenvalue weighted by atomic mass is 127. The first-order valence-electron chi connectivity index (χ1n) is 4.09. The quantitative estimate of drug-likeness (QED) is 0.629. The van der Waals surface area contributed by atoms with Gasteiger partial charge in [0.15, 0.2) is 0 Å². The molecule has 0 spiro atoms. The van der Waals surface area contributed by atoms with Crippen molar-refractivity contribution in [1.29, 1.82) is 0 Å². The molecule has 90 valence electrons. The van der Waals surface area contributed by atoms with Crippen LogP contribution >= 0.6 is 22.6 Å². The third-order valence-corrected chi connectivity index (χ3v) is 1.55. The summed E-state index contributed by atoms with van der Waals surface area (Å²) in [6.45, 7) is 2.17. The summed E-state index contributed by atoms with van der Waals surface area (Å²) in [5.41, 5.74) is 0. The van der Waals surface area contributed by atoms with Gasteiger partial charge in [-0.05, 0) is 46.9 Å². The molecule has 0 bridgehead atoms. The Morgan fingerprint density at radius 1 is 1.00 bits per heavy atom. The van der Waals surface area contributed by atoms with Gasteiger partial charge >= 0.3 is 0 Å². The molecule has 0 amide bonds.